The van der Waals surface area contributed by atoms with Crippen LogP contribution in [0.4, 0.5) is 11.4 Å². The Morgan fingerprint density at radius 3 is 2.30 bits per heavy atom. The molecule has 27 heavy (non-hydrogen) atoms. The van der Waals surface area contributed by atoms with Crippen molar-refractivity contribution in [3.63, 3.8) is 0 Å². The molecule has 0 radical (unpaired) electrons. The summed E-state index contributed by atoms with van der Waals surface area (Å²) in [4.78, 5) is 40.1. The minimum Gasteiger partial charge on any atom is -0.325 e. The topological polar surface area (TPSA) is 69.7 Å². The number of nitrogens with one attached hydrogen (secondary N) is 1. The summed E-state index contributed by atoms with van der Waals surface area (Å²) in [6, 6.07) is 13.2. The van der Waals surface area contributed by atoms with Gasteiger partial charge in [-0.3, -0.25) is 14.4 Å². The van der Waals surface area contributed by atoms with E-state index in [1.807, 2.05) is 57.2 Å². The van der Waals surface area contributed by atoms with Crippen LogP contribution >= 0.6 is 0 Å². The molecule has 1 aliphatic heterocycles. The first-order valence-electron chi connectivity index (χ1n) is 8.89. The zero-order chi connectivity index (χ0) is 19.6. The van der Waals surface area contributed by atoms with Gasteiger partial charge in [-0.1, -0.05) is 18.2 Å². The summed E-state index contributed by atoms with van der Waals surface area (Å²) in [6.45, 7) is 6.39. The lowest BCUT2D eigenvalue weighted by molar-refractivity contribution is -0.147. The molecule has 1 saturated heterocycles. The number of carbonyl (C=O) groups is 3. The van der Waals surface area contributed by atoms with E-state index in [-0.39, 0.29) is 12.5 Å². The van der Waals surface area contributed by atoms with Gasteiger partial charge in [0.2, 0.25) is 5.91 Å². The SMILES string of the molecule is Cc1cccc(NC(=O)CN2CCN(c3cc(C)cc(C)c3)C(=O)C2=O)c1. The Morgan fingerprint density at radius 2 is 1.63 bits per heavy atom. The predicted octanol–water partition coefficient (Wildman–Crippen LogP) is 2.43. The van der Waals surface area contributed by atoms with Gasteiger partial charge in [0, 0.05) is 24.5 Å². The second-order valence-electron chi connectivity index (χ2n) is 6.95. The molecule has 140 valence electrons. The normalized spacial score (nSPS) is 14.5. The number of amides is 3. The van der Waals surface area contributed by atoms with Crippen molar-refractivity contribution < 1.29 is 14.4 Å². The molecule has 1 fully saturated rings. The van der Waals surface area contributed by atoms with Crippen LogP contribution in [-0.2, 0) is 14.4 Å². The van der Waals surface area contributed by atoms with Gasteiger partial charge in [-0.2, -0.15) is 0 Å². The van der Waals surface area contributed by atoms with Gasteiger partial charge in [-0.15, -0.1) is 0 Å². The van der Waals surface area contributed by atoms with Crippen molar-refractivity contribution in [2.75, 3.05) is 29.9 Å². The Balaban J connectivity index is 1.66. The van der Waals surface area contributed by atoms with Gasteiger partial charge in [0.25, 0.3) is 0 Å². The molecule has 1 heterocycles. The van der Waals surface area contributed by atoms with Crippen LogP contribution in [0.2, 0.25) is 0 Å². The van der Waals surface area contributed by atoms with E-state index >= 15 is 0 Å². The van der Waals surface area contributed by atoms with Crippen molar-refractivity contribution >= 4 is 29.1 Å². The summed E-state index contributed by atoms with van der Waals surface area (Å²) in [6.07, 6.45) is 0. The summed E-state index contributed by atoms with van der Waals surface area (Å²) in [5, 5.41) is 2.77. The maximum atomic E-state index is 12.5. The summed E-state index contributed by atoms with van der Waals surface area (Å²) >= 11 is 0. The number of aryl methyl sites for hydroxylation is 3. The third-order valence-electron chi connectivity index (χ3n) is 4.46. The largest absolute Gasteiger partial charge is 0.325 e. The molecule has 0 spiro atoms. The van der Waals surface area contributed by atoms with Gasteiger partial charge < -0.3 is 15.1 Å². The highest BCUT2D eigenvalue weighted by Gasteiger charge is 2.34. The van der Waals surface area contributed by atoms with Crippen molar-refractivity contribution in [3.05, 3.63) is 59.2 Å². The molecule has 0 unspecified atom stereocenters. The Morgan fingerprint density at radius 1 is 0.926 bits per heavy atom. The maximum absolute atomic E-state index is 12.5. The van der Waals surface area contributed by atoms with E-state index in [1.165, 1.54) is 9.80 Å². The van der Waals surface area contributed by atoms with Crippen molar-refractivity contribution in [2.24, 2.45) is 0 Å². The number of piperazine rings is 1. The molecule has 6 nitrogen and oxygen atoms in total. The molecule has 1 aliphatic rings. The third kappa shape index (κ3) is 4.34. The summed E-state index contributed by atoms with van der Waals surface area (Å²) in [5.74, 6) is -1.57. The third-order valence-corrected chi connectivity index (χ3v) is 4.46. The maximum Gasteiger partial charge on any atom is 0.316 e. The molecule has 2 aromatic carbocycles. The fraction of sp³-hybridized carbons (Fsp3) is 0.286. The summed E-state index contributed by atoms with van der Waals surface area (Å²) in [7, 11) is 0. The van der Waals surface area contributed by atoms with Crippen LogP contribution in [0.1, 0.15) is 16.7 Å². The second-order valence-corrected chi connectivity index (χ2v) is 6.95. The highest BCUT2D eigenvalue weighted by atomic mass is 16.2. The Bertz CT molecular complexity index is 887. The Kier molecular flexibility index (Phi) is 5.26. The van der Waals surface area contributed by atoms with Crippen LogP contribution in [-0.4, -0.2) is 42.3 Å². The van der Waals surface area contributed by atoms with Gasteiger partial charge in [0.15, 0.2) is 0 Å². The zero-order valence-corrected chi connectivity index (χ0v) is 15.8. The van der Waals surface area contributed by atoms with Gasteiger partial charge in [0.05, 0.1) is 0 Å². The average molecular weight is 365 g/mol. The minimum absolute atomic E-state index is 0.140. The van der Waals surface area contributed by atoms with Crippen molar-refractivity contribution in [3.8, 4) is 0 Å². The zero-order valence-electron chi connectivity index (χ0n) is 15.8. The molecule has 3 amide bonds. The van der Waals surface area contributed by atoms with E-state index in [1.54, 1.807) is 6.07 Å². The Labute approximate surface area is 158 Å². The number of nitrogens with zero attached hydrogens (tertiary/aromatic N) is 2. The smallest absolute Gasteiger partial charge is 0.316 e. The van der Waals surface area contributed by atoms with Crippen molar-refractivity contribution in [2.45, 2.75) is 20.8 Å². The van der Waals surface area contributed by atoms with Crippen LogP contribution in [0.15, 0.2) is 42.5 Å². The quantitative estimate of drug-likeness (QED) is 0.846. The molecular weight excluding hydrogens is 342 g/mol. The Hall–Kier alpha value is -3.15. The van der Waals surface area contributed by atoms with Crippen molar-refractivity contribution in [1.29, 1.82) is 0 Å². The van der Waals surface area contributed by atoms with Crippen LogP contribution in [0.3, 0.4) is 0 Å². The number of carbonyl (C=O) groups excluding carboxylic acids is 3. The van der Waals surface area contributed by atoms with Gasteiger partial charge in [-0.05, 0) is 61.7 Å². The molecule has 0 bridgehead atoms. The predicted molar refractivity (Wildman–Crippen MR) is 105 cm³/mol. The molecule has 2 aromatic rings. The number of hydrogen-bond donors (Lipinski definition) is 1. The first-order valence-corrected chi connectivity index (χ1v) is 8.89. The first kappa shape index (κ1) is 18.6. The monoisotopic (exact) mass is 365 g/mol. The first-order chi connectivity index (χ1) is 12.8. The average Bonchev–Trinajstić information content (AvgIpc) is 2.58. The van der Waals surface area contributed by atoms with Crippen LogP contribution in [0.25, 0.3) is 0 Å². The van der Waals surface area contributed by atoms with E-state index < -0.39 is 11.8 Å². The minimum atomic E-state index is -0.653. The highest BCUT2D eigenvalue weighted by Crippen LogP contribution is 2.21. The van der Waals surface area contributed by atoms with Gasteiger partial charge in [-0.25, -0.2) is 0 Å². The number of rotatable bonds is 4. The van der Waals surface area contributed by atoms with Gasteiger partial charge in [0.1, 0.15) is 6.54 Å². The molecule has 3 rings (SSSR count). The van der Waals surface area contributed by atoms with Crippen LogP contribution < -0.4 is 10.2 Å². The van der Waals surface area contributed by atoms with Gasteiger partial charge >= 0.3 is 11.8 Å². The van der Waals surface area contributed by atoms with Crippen molar-refractivity contribution in [1.82, 2.24) is 4.90 Å². The summed E-state index contributed by atoms with van der Waals surface area (Å²) in [5.41, 5.74) is 4.49. The highest BCUT2D eigenvalue weighted by molar-refractivity contribution is 6.41. The van der Waals surface area contributed by atoms with E-state index in [0.717, 1.165) is 22.4 Å². The lowest BCUT2D eigenvalue weighted by Crippen LogP contribution is -2.56. The number of benzene rings is 2. The van der Waals surface area contributed by atoms with E-state index in [9.17, 15) is 14.4 Å². The van der Waals surface area contributed by atoms with E-state index in [4.69, 9.17) is 0 Å². The molecule has 6 heteroatoms. The van der Waals surface area contributed by atoms with E-state index in [2.05, 4.69) is 5.32 Å². The lowest BCUT2D eigenvalue weighted by Gasteiger charge is -2.33. The number of hydrogen-bond acceptors (Lipinski definition) is 3. The molecule has 0 aromatic heterocycles. The lowest BCUT2D eigenvalue weighted by atomic mass is 10.1. The molecule has 0 atom stereocenters. The second kappa shape index (κ2) is 7.61. The molecule has 1 N–H and O–H groups in total. The van der Waals surface area contributed by atoms with E-state index in [0.29, 0.717) is 18.8 Å². The summed E-state index contributed by atoms with van der Waals surface area (Å²) < 4.78 is 0. The molecular formula is C21H23N3O3. The fourth-order valence-electron chi connectivity index (χ4n) is 3.27. The molecule has 0 aliphatic carbocycles. The van der Waals surface area contributed by atoms with Crippen LogP contribution in [0.5, 0.6) is 0 Å². The number of anilines is 2. The van der Waals surface area contributed by atoms with Crippen LogP contribution in [0, 0.1) is 20.8 Å². The molecule has 0 saturated carbocycles. The fourth-order valence-corrected chi connectivity index (χ4v) is 3.27. The standard InChI is InChI=1S/C21H23N3O3/c1-14-5-4-6-17(10-14)22-19(25)13-23-7-8-24(21(27)20(23)26)18-11-15(2)9-16(3)12-18/h4-6,9-12H,7-8,13H2,1-3H3,(H,22,25).